The molecule has 0 bridgehead atoms. The molecule has 0 radical (unpaired) electrons. The number of aromatic nitrogens is 3. The van der Waals surface area contributed by atoms with Crippen LogP contribution in [0, 0.1) is 0 Å². The summed E-state index contributed by atoms with van der Waals surface area (Å²) >= 11 is 0. The summed E-state index contributed by atoms with van der Waals surface area (Å²) in [5.74, 6) is 0. The fourth-order valence-corrected chi connectivity index (χ4v) is 3.55. The van der Waals surface area contributed by atoms with Gasteiger partial charge in [-0.15, -0.1) is 12.4 Å². The number of nitrogens with one attached hydrogen (secondary N) is 2. The first-order valence-electron chi connectivity index (χ1n) is 9.76. The van der Waals surface area contributed by atoms with Crippen molar-refractivity contribution in [2.24, 2.45) is 0 Å². The Kier molecular flexibility index (Phi) is 7.01. The van der Waals surface area contributed by atoms with Crippen molar-refractivity contribution in [1.82, 2.24) is 20.3 Å². The summed E-state index contributed by atoms with van der Waals surface area (Å²) in [6, 6.07) is 15.7. The van der Waals surface area contributed by atoms with E-state index in [1.165, 1.54) is 41.2 Å². The quantitative estimate of drug-likeness (QED) is 0.392. The molecule has 2 heterocycles. The van der Waals surface area contributed by atoms with Crippen molar-refractivity contribution in [3.8, 4) is 0 Å². The van der Waals surface area contributed by atoms with Crippen LogP contribution in [-0.4, -0.2) is 21.0 Å². The molecule has 4 aromatic rings. The van der Waals surface area contributed by atoms with Crippen molar-refractivity contribution >= 4 is 34.2 Å². The molecule has 0 saturated heterocycles. The predicted molar refractivity (Wildman–Crippen MR) is 119 cm³/mol. The van der Waals surface area contributed by atoms with E-state index in [1.54, 1.807) is 6.33 Å². The van der Waals surface area contributed by atoms with Crippen molar-refractivity contribution < 1.29 is 0 Å². The number of unbranched alkanes of at least 4 members (excludes halogenated alkanes) is 1. The molecular formula is C23H27ClN4. The summed E-state index contributed by atoms with van der Waals surface area (Å²) in [6.07, 6.45) is 10.3. The van der Waals surface area contributed by atoms with E-state index in [0.717, 1.165) is 24.0 Å². The molecule has 2 aromatic carbocycles. The fraction of sp³-hybridized carbons (Fsp3) is 0.304. The molecule has 146 valence electrons. The first kappa shape index (κ1) is 20.3. The van der Waals surface area contributed by atoms with Crippen LogP contribution in [0.1, 0.15) is 37.3 Å². The molecule has 2 N–H and O–H groups in total. The SMILES string of the molecule is C[C@H](CCCCc1ccc2nc[nH]c2c1)NCc1ccc2cnccc2c1.Cl. The Morgan fingerprint density at radius 3 is 2.82 bits per heavy atom. The highest BCUT2D eigenvalue weighted by atomic mass is 35.5. The van der Waals surface area contributed by atoms with Gasteiger partial charge in [0.25, 0.3) is 0 Å². The molecular weight excluding hydrogens is 368 g/mol. The summed E-state index contributed by atoms with van der Waals surface area (Å²) < 4.78 is 0. The minimum absolute atomic E-state index is 0. The van der Waals surface area contributed by atoms with Crippen molar-refractivity contribution in [2.75, 3.05) is 0 Å². The average molecular weight is 395 g/mol. The molecule has 2 aromatic heterocycles. The largest absolute Gasteiger partial charge is 0.345 e. The number of halogens is 1. The lowest BCUT2D eigenvalue weighted by molar-refractivity contribution is 0.489. The van der Waals surface area contributed by atoms with Crippen molar-refractivity contribution in [3.63, 3.8) is 0 Å². The number of nitrogens with zero attached hydrogens (tertiary/aromatic N) is 2. The number of aromatic amines is 1. The van der Waals surface area contributed by atoms with E-state index in [4.69, 9.17) is 0 Å². The maximum Gasteiger partial charge on any atom is 0.0931 e. The molecule has 0 aliphatic heterocycles. The Labute approximate surface area is 172 Å². The Morgan fingerprint density at radius 2 is 1.89 bits per heavy atom. The fourth-order valence-electron chi connectivity index (χ4n) is 3.55. The minimum Gasteiger partial charge on any atom is -0.345 e. The standard InChI is InChI=1S/C23H26N4.ClH/c1-17(25-14-19-6-8-21-15-24-11-10-20(21)12-19)4-2-3-5-18-7-9-22-23(13-18)27-16-26-22;/h6-13,15-17,25H,2-5,14H2,1H3,(H,26,27);1H/t17-;/m1./s1. The van der Waals surface area contributed by atoms with Crippen LogP contribution in [0.4, 0.5) is 0 Å². The van der Waals surface area contributed by atoms with Crippen molar-refractivity contribution in [3.05, 3.63) is 72.3 Å². The monoisotopic (exact) mass is 394 g/mol. The molecule has 5 heteroatoms. The van der Waals surface area contributed by atoms with E-state index in [9.17, 15) is 0 Å². The van der Waals surface area contributed by atoms with Crippen LogP contribution in [-0.2, 0) is 13.0 Å². The Balaban J connectivity index is 0.00000225. The van der Waals surface area contributed by atoms with Gasteiger partial charge in [-0.05, 0) is 67.0 Å². The van der Waals surface area contributed by atoms with E-state index in [0.29, 0.717) is 6.04 Å². The summed E-state index contributed by atoms with van der Waals surface area (Å²) in [5.41, 5.74) is 4.89. The second-order valence-electron chi connectivity index (χ2n) is 7.34. The summed E-state index contributed by atoms with van der Waals surface area (Å²) in [6.45, 7) is 3.19. The molecule has 0 fully saturated rings. The van der Waals surface area contributed by atoms with Crippen LogP contribution in [0.5, 0.6) is 0 Å². The van der Waals surface area contributed by atoms with E-state index in [-0.39, 0.29) is 12.4 Å². The van der Waals surface area contributed by atoms with E-state index in [2.05, 4.69) is 69.7 Å². The topological polar surface area (TPSA) is 53.6 Å². The van der Waals surface area contributed by atoms with Crippen LogP contribution in [0.3, 0.4) is 0 Å². The second kappa shape index (κ2) is 9.67. The van der Waals surface area contributed by atoms with Gasteiger partial charge in [0.15, 0.2) is 0 Å². The Morgan fingerprint density at radius 1 is 1.00 bits per heavy atom. The first-order valence-corrected chi connectivity index (χ1v) is 9.76. The third-order valence-corrected chi connectivity index (χ3v) is 5.20. The zero-order valence-electron chi connectivity index (χ0n) is 16.2. The lowest BCUT2D eigenvalue weighted by atomic mass is 10.0. The smallest absolute Gasteiger partial charge is 0.0931 e. The molecule has 0 saturated carbocycles. The number of H-pyrrole nitrogens is 1. The zero-order valence-corrected chi connectivity index (χ0v) is 17.0. The number of hydrogen-bond acceptors (Lipinski definition) is 3. The van der Waals surface area contributed by atoms with Crippen LogP contribution >= 0.6 is 12.4 Å². The average Bonchev–Trinajstić information content (AvgIpc) is 3.17. The summed E-state index contributed by atoms with van der Waals surface area (Å²) in [4.78, 5) is 11.6. The maximum absolute atomic E-state index is 4.27. The van der Waals surface area contributed by atoms with Gasteiger partial charge >= 0.3 is 0 Å². The van der Waals surface area contributed by atoms with Gasteiger partial charge in [0, 0.05) is 30.4 Å². The van der Waals surface area contributed by atoms with Gasteiger partial charge in [-0.25, -0.2) is 4.98 Å². The number of hydrogen-bond donors (Lipinski definition) is 2. The third kappa shape index (κ3) is 5.09. The lowest BCUT2D eigenvalue weighted by Crippen LogP contribution is -2.25. The van der Waals surface area contributed by atoms with E-state index < -0.39 is 0 Å². The number of rotatable bonds is 8. The van der Waals surface area contributed by atoms with Gasteiger partial charge in [-0.2, -0.15) is 0 Å². The number of fused-ring (bicyclic) bond motifs is 2. The predicted octanol–water partition coefficient (Wildman–Crippen LogP) is 5.42. The molecule has 28 heavy (non-hydrogen) atoms. The number of aryl methyl sites for hydroxylation is 1. The van der Waals surface area contributed by atoms with E-state index >= 15 is 0 Å². The molecule has 0 unspecified atom stereocenters. The highest BCUT2D eigenvalue weighted by Gasteiger charge is 2.04. The molecule has 1 atom stereocenters. The normalized spacial score (nSPS) is 12.2. The van der Waals surface area contributed by atoms with Crippen LogP contribution < -0.4 is 5.32 Å². The molecule has 0 spiro atoms. The van der Waals surface area contributed by atoms with Crippen molar-refractivity contribution in [2.45, 2.75) is 45.2 Å². The van der Waals surface area contributed by atoms with Gasteiger partial charge in [0.05, 0.1) is 17.4 Å². The molecule has 4 rings (SSSR count). The van der Waals surface area contributed by atoms with Crippen LogP contribution in [0.15, 0.2) is 61.2 Å². The van der Waals surface area contributed by atoms with Crippen molar-refractivity contribution in [1.29, 1.82) is 0 Å². The van der Waals surface area contributed by atoms with E-state index in [1.807, 2.05) is 12.4 Å². The molecule has 4 nitrogen and oxygen atoms in total. The van der Waals surface area contributed by atoms with Crippen LogP contribution in [0.2, 0.25) is 0 Å². The Hall–Kier alpha value is -2.43. The molecule has 0 aliphatic carbocycles. The zero-order chi connectivity index (χ0) is 18.5. The molecule has 0 aliphatic rings. The van der Waals surface area contributed by atoms with Crippen LogP contribution in [0.25, 0.3) is 21.8 Å². The summed E-state index contributed by atoms with van der Waals surface area (Å²) in [5, 5.41) is 6.11. The number of pyridine rings is 1. The number of benzene rings is 2. The lowest BCUT2D eigenvalue weighted by Gasteiger charge is -2.14. The third-order valence-electron chi connectivity index (χ3n) is 5.20. The summed E-state index contributed by atoms with van der Waals surface area (Å²) in [7, 11) is 0. The van der Waals surface area contributed by atoms with Gasteiger partial charge < -0.3 is 10.3 Å². The van der Waals surface area contributed by atoms with Gasteiger partial charge in [0.1, 0.15) is 0 Å². The van der Waals surface area contributed by atoms with Gasteiger partial charge in [-0.1, -0.05) is 24.6 Å². The first-order chi connectivity index (χ1) is 13.3. The number of imidazole rings is 1. The highest BCUT2D eigenvalue weighted by Crippen LogP contribution is 2.16. The highest BCUT2D eigenvalue weighted by molar-refractivity contribution is 5.85. The second-order valence-corrected chi connectivity index (χ2v) is 7.34. The van der Waals surface area contributed by atoms with Gasteiger partial charge in [-0.3, -0.25) is 4.98 Å². The van der Waals surface area contributed by atoms with Gasteiger partial charge in [0.2, 0.25) is 0 Å². The maximum atomic E-state index is 4.27. The minimum atomic E-state index is 0. The Bertz CT molecular complexity index is 1030. The molecule has 0 amide bonds.